The molecule has 0 aliphatic heterocycles. The molecule has 1 aromatic heterocycles. The molecule has 0 radical (unpaired) electrons. The molecule has 1 heterocycles. The number of aromatic amines is 1. The van der Waals surface area contributed by atoms with Crippen molar-refractivity contribution in [2.75, 3.05) is 5.32 Å². The zero-order valence-corrected chi connectivity index (χ0v) is 11.2. The van der Waals surface area contributed by atoms with Crippen molar-refractivity contribution < 1.29 is 9.59 Å². The first-order valence-electron chi connectivity index (χ1n) is 6.06. The van der Waals surface area contributed by atoms with E-state index < -0.39 is 0 Å². The van der Waals surface area contributed by atoms with Crippen LogP contribution in [-0.4, -0.2) is 16.7 Å². The van der Waals surface area contributed by atoms with Gasteiger partial charge in [-0.2, -0.15) is 0 Å². The monoisotopic (exact) mass is 256 g/mol. The number of ketones is 1. The Hall–Kier alpha value is -2.36. The highest BCUT2D eigenvalue weighted by molar-refractivity contribution is 6.13. The molecule has 0 fully saturated rings. The van der Waals surface area contributed by atoms with Crippen molar-refractivity contribution in [1.29, 1.82) is 0 Å². The molecule has 2 rings (SSSR count). The number of amides is 1. The molecule has 0 saturated carbocycles. The first kappa shape index (κ1) is 13.1. The molecule has 4 nitrogen and oxygen atoms in total. The van der Waals surface area contributed by atoms with E-state index in [2.05, 4.69) is 10.3 Å². The van der Waals surface area contributed by atoms with Crippen LogP contribution in [0.5, 0.6) is 0 Å². The largest absolute Gasteiger partial charge is 0.358 e. The summed E-state index contributed by atoms with van der Waals surface area (Å²) in [6.07, 6.45) is 1.78. The minimum atomic E-state index is -0.189. The lowest BCUT2D eigenvalue weighted by molar-refractivity contribution is -0.114. The van der Waals surface area contributed by atoms with E-state index in [1.165, 1.54) is 6.92 Å². The van der Waals surface area contributed by atoms with Crippen LogP contribution in [0.15, 0.2) is 30.5 Å². The Morgan fingerprint density at radius 2 is 1.95 bits per heavy atom. The zero-order valence-electron chi connectivity index (χ0n) is 11.2. The molecule has 1 aromatic carbocycles. The topological polar surface area (TPSA) is 62.0 Å². The van der Waals surface area contributed by atoms with E-state index >= 15 is 0 Å². The fraction of sp³-hybridized carbons (Fsp3) is 0.200. The number of hydrogen-bond donors (Lipinski definition) is 2. The summed E-state index contributed by atoms with van der Waals surface area (Å²) >= 11 is 0. The fourth-order valence-electron chi connectivity index (χ4n) is 1.98. The van der Waals surface area contributed by atoms with Gasteiger partial charge in [0.15, 0.2) is 0 Å². The summed E-state index contributed by atoms with van der Waals surface area (Å²) in [5, 5.41) is 2.73. The van der Waals surface area contributed by atoms with Gasteiger partial charge in [0.25, 0.3) is 0 Å². The zero-order chi connectivity index (χ0) is 14.0. The second-order valence-electron chi connectivity index (χ2n) is 4.60. The average molecular weight is 256 g/mol. The van der Waals surface area contributed by atoms with E-state index in [0.717, 1.165) is 11.1 Å². The summed E-state index contributed by atoms with van der Waals surface area (Å²) < 4.78 is 0. The van der Waals surface area contributed by atoms with Gasteiger partial charge >= 0.3 is 0 Å². The second kappa shape index (κ2) is 5.10. The van der Waals surface area contributed by atoms with Crippen LogP contribution >= 0.6 is 0 Å². The summed E-state index contributed by atoms with van der Waals surface area (Å²) in [5.41, 5.74) is 3.46. The lowest BCUT2D eigenvalue weighted by Crippen LogP contribution is -2.13. The Bertz CT molecular complexity index is 641. The Kier molecular flexibility index (Phi) is 3.51. The van der Waals surface area contributed by atoms with Crippen LogP contribution in [0.3, 0.4) is 0 Å². The summed E-state index contributed by atoms with van der Waals surface area (Å²) in [6.45, 7) is 5.21. The standard InChI is InChI=1S/C15H16N2O2/c1-9-7-13(16-8-9)15(19)12-6-4-5-10(2)14(12)17-11(3)18/h4-8,16H,1-3H3,(H,17,18). The summed E-state index contributed by atoms with van der Waals surface area (Å²) in [4.78, 5) is 26.6. The molecule has 4 heteroatoms. The molecular formula is C15H16N2O2. The maximum atomic E-state index is 12.4. The van der Waals surface area contributed by atoms with Gasteiger partial charge in [0.1, 0.15) is 0 Å². The maximum absolute atomic E-state index is 12.4. The average Bonchev–Trinajstić information content (AvgIpc) is 2.77. The molecule has 2 N–H and O–H groups in total. The van der Waals surface area contributed by atoms with Crippen molar-refractivity contribution in [3.63, 3.8) is 0 Å². The first-order valence-corrected chi connectivity index (χ1v) is 6.06. The highest BCUT2D eigenvalue weighted by atomic mass is 16.1. The van der Waals surface area contributed by atoms with Gasteiger partial charge in [-0.25, -0.2) is 0 Å². The van der Waals surface area contributed by atoms with Gasteiger partial charge in [-0.3, -0.25) is 9.59 Å². The van der Waals surface area contributed by atoms with E-state index in [1.54, 1.807) is 18.3 Å². The number of nitrogens with one attached hydrogen (secondary N) is 2. The maximum Gasteiger partial charge on any atom is 0.221 e. The van der Waals surface area contributed by atoms with Crippen LogP contribution in [0.1, 0.15) is 34.1 Å². The van der Waals surface area contributed by atoms with Crippen molar-refractivity contribution in [3.05, 3.63) is 52.8 Å². The van der Waals surface area contributed by atoms with Crippen molar-refractivity contribution in [2.24, 2.45) is 0 Å². The molecule has 0 unspecified atom stereocenters. The van der Waals surface area contributed by atoms with Gasteiger partial charge in [-0.15, -0.1) is 0 Å². The summed E-state index contributed by atoms with van der Waals surface area (Å²) in [7, 11) is 0. The fourth-order valence-corrected chi connectivity index (χ4v) is 1.98. The Morgan fingerprint density at radius 3 is 2.53 bits per heavy atom. The van der Waals surface area contributed by atoms with Gasteiger partial charge in [0.05, 0.1) is 11.4 Å². The third-order valence-electron chi connectivity index (χ3n) is 2.89. The highest BCUT2D eigenvalue weighted by Gasteiger charge is 2.16. The number of carbonyl (C=O) groups excluding carboxylic acids is 2. The Labute approximate surface area is 111 Å². The number of hydrogen-bond acceptors (Lipinski definition) is 2. The van der Waals surface area contributed by atoms with Crippen LogP contribution in [0, 0.1) is 13.8 Å². The minimum Gasteiger partial charge on any atom is -0.358 e. The van der Waals surface area contributed by atoms with Crippen LogP contribution in [-0.2, 0) is 4.79 Å². The van der Waals surface area contributed by atoms with Crippen molar-refractivity contribution >= 4 is 17.4 Å². The van der Waals surface area contributed by atoms with E-state index in [-0.39, 0.29) is 11.7 Å². The molecule has 0 saturated heterocycles. The number of aromatic nitrogens is 1. The number of carbonyl (C=O) groups is 2. The summed E-state index contributed by atoms with van der Waals surface area (Å²) in [5.74, 6) is -0.313. The molecule has 0 aliphatic carbocycles. The smallest absolute Gasteiger partial charge is 0.221 e. The van der Waals surface area contributed by atoms with Crippen molar-refractivity contribution in [1.82, 2.24) is 4.98 Å². The lowest BCUT2D eigenvalue weighted by Gasteiger charge is -2.11. The molecule has 98 valence electrons. The lowest BCUT2D eigenvalue weighted by atomic mass is 10.0. The third-order valence-corrected chi connectivity index (χ3v) is 2.89. The molecular weight excluding hydrogens is 240 g/mol. The molecule has 0 aliphatic rings. The SMILES string of the molecule is CC(=O)Nc1c(C)cccc1C(=O)c1cc(C)c[nH]1. The van der Waals surface area contributed by atoms with Crippen LogP contribution in [0.2, 0.25) is 0 Å². The minimum absolute atomic E-state index is 0.124. The van der Waals surface area contributed by atoms with E-state index in [9.17, 15) is 9.59 Å². The molecule has 19 heavy (non-hydrogen) atoms. The van der Waals surface area contributed by atoms with Gasteiger partial charge in [0.2, 0.25) is 11.7 Å². The van der Waals surface area contributed by atoms with Gasteiger partial charge in [-0.05, 0) is 37.1 Å². The van der Waals surface area contributed by atoms with E-state index in [4.69, 9.17) is 0 Å². The molecule has 1 amide bonds. The predicted molar refractivity (Wildman–Crippen MR) is 74.4 cm³/mol. The molecule has 2 aromatic rings. The van der Waals surface area contributed by atoms with Gasteiger partial charge < -0.3 is 10.3 Å². The van der Waals surface area contributed by atoms with E-state index in [0.29, 0.717) is 16.9 Å². The van der Waals surface area contributed by atoms with Crippen LogP contribution in [0.4, 0.5) is 5.69 Å². The Balaban J connectivity index is 2.47. The second-order valence-corrected chi connectivity index (χ2v) is 4.60. The van der Waals surface area contributed by atoms with Gasteiger partial charge in [0, 0.05) is 18.7 Å². The quantitative estimate of drug-likeness (QED) is 0.829. The highest BCUT2D eigenvalue weighted by Crippen LogP contribution is 2.23. The molecule has 0 spiro atoms. The Morgan fingerprint density at radius 1 is 1.21 bits per heavy atom. The third kappa shape index (κ3) is 2.73. The van der Waals surface area contributed by atoms with Crippen LogP contribution < -0.4 is 5.32 Å². The summed E-state index contributed by atoms with van der Waals surface area (Å²) in [6, 6.07) is 7.19. The van der Waals surface area contributed by atoms with Crippen molar-refractivity contribution in [2.45, 2.75) is 20.8 Å². The number of aryl methyl sites for hydroxylation is 2. The number of benzene rings is 1. The van der Waals surface area contributed by atoms with Crippen molar-refractivity contribution in [3.8, 4) is 0 Å². The molecule has 0 atom stereocenters. The number of para-hydroxylation sites is 1. The predicted octanol–water partition coefficient (Wildman–Crippen LogP) is 2.82. The van der Waals surface area contributed by atoms with Gasteiger partial charge in [-0.1, -0.05) is 12.1 Å². The first-order chi connectivity index (χ1) is 8.99. The molecule has 0 bridgehead atoms. The number of H-pyrrole nitrogens is 1. The number of rotatable bonds is 3. The van der Waals surface area contributed by atoms with E-state index in [1.807, 2.05) is 26.0 Å². The normalized spacial score (nSPS) is 10.3. The van der Waals surface area contributed by atoms with Crippen LogP contribution in [0.25, 0.3) is 0 Å². The number of anilines is 1.